The number of rotatable bonds is 7. The third-order valence-electron chi connectivity index (χ3n) is 4.15. The van der Waals surface area contributed by atoms with Crippen LogP contribution in [0.3, 0.4) is 0 Å². The van der Waals surface area contributed by atoms with Crippen LogP contribution in [0.2, 0.25) is 5.02 Å². The average molecular weight is 425 g/mol. The first kappa shape index (κ1) is 19.3. The van der Waals surface area contributed by atoms with Crippen LogP contribution in [0, 0.1) is 0 Å². The average Bonchev–Trinajstić information content (AvgIpc) is 3.32. The van der Waals surface area contributed by atoms with Crippen LogP contribution >= 0.6 is 23.4 Å². The van der Waals surface area contributed by atoms with Crippen LogP contribution in [-0.2, 0) is 11.3 Å². The summed E-state index contributed by atoms with van der Waals surface area (Å²) in [4.78, 5) is 12.3. The van der Waals surface area contributed by atoms with E-state index in [4.69, 9.17) is 16.0 Å². The zero-order chi connectivity index (χ0) is 20.2. The van der Waals surface area contributed by atoms with E-state index in [1.165, 1.54) is 11.8 Å². The lowest BCUT2D eigenvalue weighted by Crippen LogP contribution is -2.15. The van der Waals surface area contributed by atoms with Crippen LogP contribution in [0.15, 0.2) is 76.8 Å². The van der Waals surface area contributed by atoms with Gasteiger partial charge in [0.25, 0.3) is 0 Å². The molecule has 0 aliphatic rings. The second kappa shape index (κ2) is 8.55. The summed E-state index contributed by atoms with van der Waals surface area (Å²) in [7, 11) is 0. The third-order valence-corrected chi connectivity index (χ3v) is 5.45. The molecule has 29 heavy (non-hydrogen) atoms. The van der Waals surface area contributed by atoms with Crippen molar-refractivity contribution in [1.82, 2.24) is 14.8 Å². The first-order valence-electron chi connectivity index (χ1n) is 8.86. The summed E-state index contributed by atoms with van der Waals surface area (Å²) < 4.78 is 7.78. The third kappa shape index (κ3) is 4.21. The Morgan fingerprint density at radius 1 is 1.21 bits per heavy atom. The highest BCUT2D eigenvalue weighted by molar-refractivity contribution is 7.99. The van der Waals surface area contributed by atoms with Crippen molar-refractivity contribution in [1.29, 1.82) is 0 Å². The molecule has 0 atom stereocenters. The van der Waals surface area contributed by atoms with Gasteiger partial charge in [0, 0.05) is 11.9 Å². The number of thioether (sulfide) groups is 1. The Bertz CT molecular complexity index is 1150. The van der Waals surface area contributed by atoms with Crippen molar-refractivity contribution in [3.63, 3.8) is 0 Å². The van der Waals surface area contributed by atoms with Crippen molar-refractivity contribution in [3.05, 3.63) is 72.3 Å². The van der Waals surface area contributed by atoms with Crippen molar-refractivity contribution in [2.24, 2.45) is 0 Å². The van der Waals surface area contributed by atoms with E-state index in [-0.39, 0.29) is 11.7 Å². The molecular formula is C21H17ClN4O2S. The molecule has 8 heteroatoms. The van der Waals surface area contributed by atoms with Crippen molar-refractivity contribution < 1.29 is 9.21 Å². The topological polar surface area (TPSA) is 73.0 Å². The number of anilines is 1. The Labute approximate surface area is 176 Å². The molecule has 2 heterocycles. The van der Waals surface area contributed by atoms with Crippen LogP contribution in [0.1, 0.15) is 0 Å². The summed E-state index contributed by atoms with van der Waals surface area (Å²) in [6.45, 7) is 4.30. The lowest BCUT2D eigenvalue weighted by molar-refractivity contribution is -0.113. The number of para-hydroxylation sites is 2. The molecule has 0 aliphatic carbocycles. The summed E-state index contributed by atoms with van der Waals surface area (Å²) >= 11 is 7.37. The van der Waals surface area contributed by atoms with Gasteiger partial charge in [0.2, 0.25) is 11.7 Å². The summed E-state index contributed by atoms with van der Waals surface area (Å²) in [6.07, 6.45) is 1.75. The Kier molecular flexibility index (Phi) is 5.69. The zero-order valence-electron chi connectivity index (χ0n) is 15.3. The quantitative estimate of drug-likeness (QED) is 0.323. The van der Waals surface area contributed by atoms with Gasteiger partial charge < -0.3 is 9.73 Å². The van der Waals surface area contributed by atoms with E-state index in [1.807, 2.05) is 47.0 Å². The van der Waals surface area contributed by atoms with Gasteiger partial charge in [-0.25, -0.2) is 0 Å². The van der Waals surface area contributed by atoms with Gasteiger partial charge in [-0.05, 0) is 24.3 Å². The molecule has 0 unspecified atom stereocenters. The monoisotopic (exact) mass is 424 g/mol. The number of carbonyl (C=O) groups excluding carboxylic acids is 1. The van der Waals surface area contributed by atoms with Crippen molar-refractivity contribution in [3.8, 4) is 11.6 Å². The maximum absolute atomic E-state index is 12.3. The molecule has 6 nitrogen and oxygen atoms in total. The van der Waals surface area contributed by atoms with Crippen LogP contribution in [0.5, 0.6) is 0 Å². The molecule has 2 aromatic heterocycles. The molecule has 4 rings (SSSR count). The molecule has 0 spiro atoms. The Morgan fingerprint density at radius 2 is 2.00 bits per heavy atom. The maximum Gasteiger partial charge on any atom is 0.234 e. The van der Waals surface area contributed by atoms with Crippen LogP contribution in [-0.4, -0.2) is 26.4 Å². The molecule has 146 valence electrons. The van der Waals surface area contributed by atoms with E-state index in [1.54, 1.807) is 18.2 Å². The largest absolute Gasteiger partial charge is 0.453 e. The fourth-order valence-electron chi connectivity index (χ4n) is 2.84. The van der Waals surface area contributed by atoms with E-state index in [2.05, 4.69) is 22.1 Å². The number of aromatic nitrogens is 3. The number of nitrogens with one attached hydrogen (secondary N) is 1. The summed E-state index contributed by atoms with van der Waals surface area (Å²) in [5.41, 5.74) is 1.36. The van der Waals surface area contributed by atoms with Crippen LogP contribution in [0.25, 0.3) is 22.6 Å². The fraction of sp³-hybridized carbons (Fsp3) is 0.0952. The molecule has 1 N–H and O–H groups in total. The molecule has 0 fully saturated rings. The lowest BCUT2D eigenvalue weighted by Gasteiger charge is -2.08. The normalized spacial score (nSPS) is 10.9. The molecule has 0 bridgehead atoms. The Balaban J connectivity index is 1.53. The number of carbonyl (C=O) groups is 1. The van der Waals surface area contributed by atoms with Gasteiger partial charge in [-0.2, -0.15) is 0 Å². The van der Waals surface area contributed by atoms with Gasteiger partial charge in [0.1, 0.15) is 5.58 Å². The lowest BCUT2D eigenvalue weighted by atomic mass is 10.2. The number of hydrogen-bond donors (Lipinski definition) is 1. The van der Waals surface area contributed by atoms with Gasteiger partial charge in [-0.3, -0.25) is 9.36 Å². The van der Waals surface area contributed by atoms with E-state index in [9.17, 15) is 4.79 Å². The minimum atomic E-state index is -0.179. The highest BCUT2D eigenvalue weighted by Gasteiger charge is 2.18. The molecule has 0 radical (unpaired) electrons. The number of furan rings is 1. The van der Waals surface area contributed by atoms with Gasteiger partial charge in [0.05, 0.1) is 16.5 Å². The van der Waals surface area contributed by atoms with E-state index < -0.39 is 0 Å². The molecule has 1 amide bonds. The van der Waals surface area contributed by atoms with Crippen LogP contribution < -0.4 is 5.32 Å². The highest BCUT2D eigenvalue weighted by atomic mass is 35.5. The second-order valence-electron chi connectivity index (χ2n) is 6.17. The number of benzene rings is 2. The SMILES string of the molecule is C=CCn1c(SCC(=O)Nc2ccccc2Cl)nnc1-c1cc2ccccc2o1. The van der Waals surface area contributed by atoms with E-state index in [0.717, 1.165) is 11.0 Å². The van der Waals surface area contributed by atoms with E-state index in [0.29, 0.717) is 34.0 Å². The Hall–Kier alpha value is -3.03. The number of nitrogens with zero attached hydrogens (tertiary/aromatic N) is 3. The summed E-state index contributed by atoms with van der Waals surface area (Å²) in [5, 5.41) is 13.4. The van der Waals surface area contributed by atoms with Gasteiger partial charge in [-0.15, -0.1) is 16.8 Å². The Morgan fingerprint density at radius 3 is 2.79 bits per heavy atom. The summed E-state index contributed by atoms with van der Waals surface area (Å²) in [5.74, 6) is 1.20. The number of hydrogen-bond acceptors (Lipinski definition) is 5. The van der Waals surface area contributed by atoms with Crippen molar-refractivity contribution in [2.75, 3.05) is 11.1 Å². The zero-order valence-corrected chi connectivity index (χ0v) is 16.9. The van der Waals surface area contributed by atoms with E-state index >= 15 is 0 Å². The van der Waals surface area contributed by atoms with Gasteiger partial charge in [0.15, 0.2) is 10.9 Å². The predicted octanol–water partition coefficient (Wildman–Crippen LogP) is 5.26. The van der Waals surface area contributed by atoms with Gasteiger partial charge in [-0.1, -0.05) is 59.8 Å². The standard InChI is InChI=1S/C21H17ClN4O2S/c1-2-11-26-20(18-12-14-7-3-6-10-17(14)28-18)24-25-21(26)29-13-19(27)23-16-9-5-4-8-15(16)22/h2-10,12H,1,11,13H2,(H,23,27). The molecular weight excluding hydrogens is 408 g/mol. The minimum absolute atomic E-state index is 0.167. The number of halogens is 1. The maximum atomic E-state index is 12.3. The van der Waals surface area contributed by atoms with Crippen LogP contribution in [0.4, 0.5) is 5.69 Å². The smallest absolute Gasteiger partial charge is 0.234 e. The number of allylic oxidation sites excluding steroid dienone is 1. The minimum Gasteiger partial charge on any atom is -0.453 e. The number of amides is 1. The van der Waals surface area contributed by atoms with Crippen molar-refractivity contribution >= 4 is 45.9 Å². The predicted molar refractivity (Wildman–Crippen MR) is 116 cm³/mol. The first-order chi connectivity index (χ1) is 14.2. The summed E-state index contributed by atoms with van der Waals surface area (Å²) in [6, 6.07) is 16.8. The second-order valence-corrected chi connectivity index (χ2v) is 7.52. The van der Waals surface area contributed by atoms with Gasteiger partial charge >= 0.3 is 0 Å². The number of fused-ring (bicyclic) bond motifs is 1. The molecule has 2 aromatic carbocycles. The highest BCUT2D eigenvalue weighted by Crippen LogP contribution is 2.29. The molecule has 4 aromatic rings. The first-order valence-corrected chi connectivity index (χ1v) is 10.2. The molecule has 0 saturated heterocycles. The molecule has 0 aliphatic heterocycles. The fourth-order valence-corrected chi connectivity index (χ4v) is 3.77. The molecule has 0 saturated carbocycles. The van der Waals surface area contributed by atoms with Crippen molar-refractivity contribution in [2.45, 2.75) is 11.7 Å².